The number of carbonyl (C=O) groups is 1. The largest absolute Gasteiger partial charge is 0.379 e. The summed E-state index contributed by atoms with van der Waals surface area (Å²) < 4.78 is 29.7. The predicted octanol–water partition coefficient (Wildman–Crippen LogP) is 3.43. The Bertz CT molecular complexity index is 966. The minimum atomic E-state index is -4.23. The predicted molar refractivity (Wildman–Crippen MR) is 102 cm³/mol. The fraction of sp³-hybridized carbons (Fsp3) is 0.316. The van der Waals surface area contributed by atoms with E-state index < -0.39 is 15.0 Å². The number of hydrogen-bond acceptors (Lipinski definition) is 6. The first-order valence-corrected chi connectivity index (χ1v) is 10.4. The maximum atomic E-state index is 12.3. The molecule has 0 radical (unpaired) electrons. The number of nitrogens with zero attached hydrogens (tertiary/aromatic N) is 1. The lowest BCUT2D eigenvalue weighted by atomic mass is 9.95. The van der Waals surface area contributed by atoms with E-state index in [9.17, 15) is 23.3 Å². The summed E-state index contributed by atoms with van der Waals surface area (Å²) in [5.74, 6) is -0.194. The van der Waals surface area contributed by atoms with E-state index in [2.05, 4.69) is 5.32 Å². The lowest BCUT2D eigenvalue weighted by molar-refractivity contribution is -0.385. The number of rotatable bonds is 6. The van der Waals surface area contributed by atoms with Gasteiger partial charge >= 0.3 is 10.1 Å². The Labute approximate surface area is 162 Å². The number of hydrogen-bond donors (Lipinski definition) is 1. The van der Waals surface area contributed by atoms with E-state index in [0.29, 0.717) is 5.56 Å². The van der Waals surface area contributed by atoms with Gasteiger partial charge in [0, 0.05) is 23.7 Å². The SMILES string of the molecule is O=C(NC1CCCCC1)c1ccc(OS(=O)(=O)c2cccc([N+](=O)[O-])c2)cc1. The lowest BCUT2D eigenvalue weighted by Gasteiger charge is -2.22. The molecule has 1 saturated carbocycles. The van der Waals surface area contributed by atoms with Crippen LogP contribution in [0.1, 0.15) is 42.5 Å². The number of nitrogens with one attached hydrogen (secondary N) is 1. The molecule has 1 aliphatic carbocycles. The molecule has 1 fully saturated rings. The highest BCUT2D eigenvalue weighted by Gasteiger charge is 2.21. The van der Waals surface area contributed by atoms with Gasteiger partial charge in [-0.2, -0.15) is 8.42 Å². The van der Waals surface area contributed by atoms with Crippen molar-refractivity contribution < 1.29 is 22.3 Å². The fourth-order valence-electron chi connectivity index (χ4n) is 3.10. The molecule has 8 nitrogen and oxygen atoms in total. The van der Waals surface area contributed by atoms with Crippen LogP contribution in [-0.2, 0) is 10.1 Å². The second kappa shape index (κ2) is 8.39. The van der Waals surface area contributed by atoms with Gasteiger partial charge in [0.1, 0.15) is 10.6 Å². The molecular formula is C19H20N2O6S. The summed E-state index contributed by atoms with van der Waals surface area (Å²) in [7, 11) is -4.23. The summed E-state index contributed by atoms with van der Waals surface area (Å²) >= 11 is 0. The van der Waals surface area contributed by atoms with Crippen LogP contribution in [0.3, 0.4) is 0 Å². The first-order valence-electron chi connectivity index (χ1n) is 8.95. The van der Waals surface area contributed by atoms with Gasteiger partial charge in [0.05, 0.1) is 4.92 Å². The van der Waals surface area contributed by atoms with Gasteiger partial charge in [0.25, 0.3) is 11.6 Å². The summed E-state index contributed by atoms with van der Waals surface area (Å²) in [4.78, 5) is 22.1. The van der Waals surface area contributed by atoms with Crippen LogP contribution in [-0.4, -0.2) is 25.3 Å². The number of amides is 1. The van der Waals surface area contributed by atoms with Gasteiger partial charge in [-0.05, 0) is 43.2 Å². The number of nitro benzene ring substituents is 1. The van der Waals surface area contributed by atoms with Crippen molar-refractivity contribution in [2.45, 2.75) is 43.0 Å². The van der Waals surface area contributed by atoms with E-state index in [0.717, 1.165) is 31.7 Å². The molecule has 2 aromatic carbocycles. The van der Waals surface area contributed by atoms with Gasteiger partial charge in [0.15, 0.2) is 0 Å². The van der Waals surface area contributed by atoms with Crippen molar-refractivity contribution >= 4 is 21.7 Å². The van der Waals surface area contributed by atoms with Crippen LogP contribution in [0.5, 0.6) is 5.75 Å². The lowest BCUT2D eigenvalue weighted by Crippen LogP contribution is -2.36. The van der Waals surface area contributed by atoms with Gasteiger partial charge in [-0.1, -0.05) is 25.3 Å². The zero-order valence-electron chi connectivity index (χ0n) is 15.0. The zero-order valence-corrected chi connectivity index (χ0v) is 15.9. The molecule has 28 heavy (non-hydrogen) atoms. The van der Waals surface area contributed by atoms with Crippen molar-refractivity contribution in [3.8, 4) is 5.75 Å². The molecular weight excluding hydrogens is 384 g/mol. The second-order valence-corrected chi connectivity index (χ2v) is 8.17. The molecule has 1 aliphatic rings. The second-order valence-electron chi connectivity index (χ2n) is 6.62. The standard InChI is InChI=1S/C19H20N2O6S/c22-19(20-15-5-2-1-3-6-15)14-9-11-17(12-10-14)27-28(25,26)18-8-4-7-16(13-18)21(23)24/h4,7-13,15H,1-3,5-6H2,(H,20,22). The Morgan fingerprint density at radius 3 is 2.39 bits per heavy atom. The molecule has 3 rings (SSSR count). The zero-order chi connectivity index (χ0) is 20.1. The molecule has 0 heterocycles. The monoisotopic (exact) mass is 404 g/mol. The highest BCUT2D eigenvalue weighted by Crippen LogP contribution is 2.23. The fourth-order valence-corrected chi connectivity index (χ4v) is 4.08. The first kappa shape index (κ1) is 19.8. The van der Waals surface area contributed by atoms with Gasteiger partial charge < -0.3 is 9.50 Å². The van der Waals surface area contributed by atoms with E-state index >= 15 is 0 Å². The Morgan fingerprint density at radius 2 is 1.75 bits per heavy atom. The molecule has 0 bridgehead atoms. The highest BCUT2D eigenvalue weighted by atomic mass is 32.2. The summed E-state index contributed by atoms with van der Waals surface area (Å²) in [6.45, 7) is 0. The van der Waals surface area contributed by atoms with E-state index in [1.807, 2.05) is 0 Å². The van der Waals surface area contributed by atoms with Crippen LogP contribution < -0.4 is 9.50 Å². The van der Waals surface area contributed by atoms with Crippen LogP contribution >= 0.6 is 0 Å². The maximum absolute atomic E-state index is 12.3. The van der Waals surface area contributed by atoms with E-state index in [1.54, 1.807) is 0 Å². The number of nitro groups is 1. The average molecular weight is 404 g/mol. The highest BCUT2D eigenvalue weighted by molar-refractivity contribution is 7.87. The van der Waals surface area contributed by atoms with E-state index in [4.69, 9.17) is 4.18 Å². The van der Waals surface area contributed by atoms with Gasteiger partial charge in [0.2, 0.25) is 0 Å². The van der Waals surface area contributed by atoms with Crippen molar-refractivity contribution in [3.05, 3.63) is 64.2 Å². The third-order valence-electron chi connectivity index (χ3n) is 4.58. The van der Waals surface area contributed by atoms with Crippen molar-refractivity contribution in [1.82, 2.24) is 5.32 Å². The number of carbonyl (C=O) groups excluding carboxylic acids is 1. The third-order valence-corrected chi connectivity index (χ3v) is 5.82. The Kier molecular flexibility index (Phi) is 5.93. The summed E-state index contributed by atoms with van der Waals surface area (Å²) in [6.07, 6.45) is 5.33. The third kappa shape index (κ3) is 4.86. The van der Waals surface area contributed by atoms with Crippen molar-refractivity contribution in [2.24, 2.45) is 0 Å². The molecule has 0 aromatic heterocycles. The average Bonchev–Trinajstić information content (AvgIpc) is 2.69. The quantitative estimate of drug-likeness (QED) is 0.448. The molecule has 0 spiro atoms. The molecule has 1 amide bonds. The molecule has 0 aliphatic heterocycles. The number of non-ortho nitro benzene ring substituents is 1. The minimum absolute atomic E-state index is 0.0146. The van der Waals surface area contributed by atoms with Crippen molar-refractivity contribution in [3.63, 3.8) is 0 Å². The van der Waals surface area contributed by atoms with Gasteiger partial charge in [-0.25, -0.2) is 0 Å². The van der Waals surface area contributed by atoms with Crippen LogP contribution in [0.15, 0.2) is 53.4 Å². The molecule has 2 aromatic rings. The number of benzene rings is 2. The molecule has 148 valence electrons. The molecule has 0 saturated heterocycles. The van der Waals surface area contributed by atoms with Crippen LogP contribution in [0.2, 0.25) is 0 Å². The van der Waals surface area contributed by atoms with Gasteiger partial charge in [-0.3, -0.25) is 14.9 Å². The van der Waals surface area contributed by atoms with Crippen molar-refractivity contribution in [2.75, 3.05) is 0 Å². The Balaban J connectivity index is 1.68. The molecule has 0 unspecified atom stereocenters. The maximum Gasteiger partial charge on any atom is 0.339 e. The van der Waals surface area contributed by atoms with Gasteiger partial charge in [-0.15, -0.1) is 0 Å². The smallest absolute Gasteiger partial charge is 0.339 e. The molecule has 0 atom stereocenters. The molecule has 1 N–H and O–H groups in total. The van der Waals surface area contributed by atoms with E-state index in [-0.39, 0.29) is 28.3 Å². The summed E-state index contributed by atoms with van der Waals surface area (Å²) in [6, 6.07) is 10.5. The normalized spacial score (nSPS) is 15.0. The topological polar surface area (TPSA) is 116 Å². The summed E-state index contributed by atoms with van der Waals surface area (Å²) in [5.41, 5.74) is 0.0603. The first-order chi connectivity index (χ1) is 13.3. The van der Waals surface area contributed by atoms with Crippen LogP contribution in [0.4, 0.5) is 5.69 Å². The van der Waals surface area contributed by atoms with Crippen LogP contribution in [0.25, 0.3) is 0 Å². The molecule has 9 heteroatoms. The van der Waals surface area contributed by atoms with E-state index in [1.165, 1.54) is 48.9 Å². The minimum Gasteiger partial charge on any atom is -0.379 e. The summed E-state index contributed by atoms with van der Waals surface area (Å²) in [5, 5.41) is 13.8. The van der Waals surface area contributed by atoms with Crippen molar-refractivity contribution in [1.29, 1.82) is 0 Å². The Morgan fingerprint density at radius 1 is 1.07 bits per heavy atom. The Hall–Kier alpha value is -2.94. The van der Waals surface area contributed by atoms with Crippen LogP contribution in [0, 0.1) is 10.1 Å².